The molecule has 0 atom stereocenters. The second-order valence-electron chi connectivity index (χ2n) is 2.17. The zero-order valence-electron chi connectivity index (χ0n) is 6.42. The van der Waals surface area contributed by atoms with Crippen molar-refractivity contribution < 1.29 is 0 Å². The monoisotopic (exact) mass is 184 g/mol. The number of aromatic nitrogens is 2. The summed E-state index contributed by atoms with van der Waals surface area (Å²) in [4.78, 5) is 7.64. The maximum atomic E-state index is 5.54. The van der Waals surface area contributed by atoms with E-state index in [-0.39, 0.29) is 5.95 Å². The van der Waals surface area contributed by atoms with Gasteiger partial charge in [-0.2, -0.15) is 4.98 Å². The first kappa shape index (κ1) is 8.80. The largest absolute Gasteiger partial charge is 0.368 e. The summed E-state index contributed by atoms with van der Waals surface area (Å²) >= 11 is 5.54. The maximum absolute atomic E-state index is 5.54. The SMILES string of the molecule is C=C(Cl)CNc1ccnc(N)n1. The number of nitrogens with two attached hydrogens (primary N) is 1. The van der Waals surface area contributed by atoms with Gasteiger partial charge < -0.3 is 11.1 Å². The van der Waals surface area contributed by atoms with Crippen LogP contribution < -0.4 is 11.1 Å². The number of anilines is 2. The molecule has 1 heterocycles. The van der Waals surface area contributed by atoms with Gasteiger partial charge in [0, 0.05) is 11.2 Å². The van der Waals surface area contributed by atoms with Crippen LogP contribution in [0.25, 0.3) is 0 Å². The van der Waals surface area contributed by atoms with Gasteiger partial charge >= 0.3 is 0 Å². The molecule has 1 aromatic heterocycles. The Labute approximate surface area is 75.5 Å². The highest BCUT2D eigenvalue weighted by Gasteiger charge is 1.94. The summed E-state index contributed by atoms with van der Waals surface area (Å²) in [6.45, 7) is 3.99. The van der Waals surface area contributed by atoms with Crippen LogP contribution in [0.4, 0.5) is 11.8 Å². The van der Waals surface area contributed by atoms with Gasteiger partial charge in [0.2, 0.25) is 5.95 Å². The smallest absolute Gasteiger partial charge is 0.221 e. The summed E-state index contributed by atoms with van der Waals surface area (Å²) in [5.74, 6) is 0.879. The molecule has 0 radical (unpaired) electrons. The summed E-state index contributed by atoms with van der Waals surface area (Å²) in [7, 11) is 0. The van der Waals surface area contributed by atoms with E-state index in [1.807, 2.05) is 0 Å². The Morgan fingerprint density at radius 1 is 1.75 bits per heavy atom. The second kappa shape index (κ2) is 3.92. The normalized spacial score (nSPS) is 9.42. The van der Waals surface area contributed by atoms with E-state index in [0.717, 1.165) is 0 Å². The van der Waals surface area contributed by atoms with E-state index in [0.29, 0.717) is 17.4 Å². The van der Waals surface area contributed by atoms with Crippen LogP contribution in [0.15, 0.2) is 23.9 Å². The molecule has 0 saturated carbocycles. The van der Waals surface area contributed by atoms with Crippen molar-refractivity contribution in [3.8, 4) is 0 Å². The molecule has 0 spiro atoms. The van der Waals surface area contributed by atoms with Gasteiger partial charge in [0.1, 0.15) is 5.82 Å². The summed E-state index contributed by atoms with van der Waals surface area (Å²) in [5.41, 5.74) is 5.35. The zero-order valence-corrected chi connectivity index (χ0v) is 7.17. The zero-order chi connectivity index (χ0) is 8.97. The van der Waals surface area contributed by atoms with Crippen molar-refractivity contribution in [2.45, 2.75) is 0 Å². The summed E-state index contributed by atoms with van der Waals surface area (Å²) in [6.07, 6.45) is 1.57. The fourth-order valence-corrected chi connectivity index (χ4v) is 0.726. The molecule has 3 N–H and O–H groups in total. The molecule has 12 heavy (non-hydrogen) atoms. The molecule has 0 aliphatic carbocycles. The first-order valence-electron chi connectivity index (χ1n) is 3.34. The number of hydrogen-bond acceptors (Lipinski definition) is 4. The first-order chi connectivity index (χ1) is 5.68. The van der Waals surface area contributed by atoms with Crippen molar-refractivity contribution in [2.24, 2.45) is 0 Å². The molecule has 0 aliphatic heterocycles. The van der Waals surface area contributed by atoms with Gasteiger partial charge in [-0.15, -0.1) is 0 Å². The number of nitrogens with one attached hydrogen (secondary N) is 1. The number of halogens is 1. The molecule has 0 aliphatic rings. The minimum atomic E-state index is 0.236. The van der Waals surface area contributed by atoms with Crippen molar-refractivity contribution in [2.75, 3.05) is 17.6 Å². The van der Waals surface area contributed by atoms with Gasteiger partial charge in [-0.05, 0) is 6.07 Å². The number of hydrogen-bond donors (Lipinski definition) is 2. The molecule has 0 saturated heterocycles. The third-order valence-corrected chi connectivity index (χ3v) is 1.27. The minimum Gasteiger partial charge on any atom is -0.368 e. The number of nitrogens with zero attached hydrogens (tertiary/aromatic N) is 2. The Kier molecular flexibility index (Phi) is 2.88. The van der Waals surface area contributed by atoms with Crippen molar-refractivity contribution in [3.63, 3.8) is 0 Å². The van der Waals surface area contributed by atoms with Crippen molar-refractivity contribution in [3.05, 3.63) is 23.9 Å². The molecule has 0 fully saturated rings. The molecule has 1 rings (SSSR count). The molecule has 0 aromatic carbocycles. The van der Waals surface area contributed by atoms with Crippen LogP contribution in [0.5, 0.6) is 0 Å². The van der Waals surface area contributed by atoms with Gasteiger partial charge in [0.15, 0.2) is 0 Å². The van der Waals surface area contributed by atoms with Gasteiger partial charge in [-0.3, -0.25) is 0 Å². The fraction of sp³-hybridized carbons (Fsp3) is 0.143. The summed E-state index contributed by atoms with van der Waals surface area (Å²) in [6, 6.07) is 1.70. The summed E-state index contributed by atoms with van der Waals surface area (Å²) in [5, 5.41) is 3.44. The van der Waals surface area contributed by atoms with E-state index in [2.05, 4.69) is 21.9 Å². The van der Waals surface area contributed by atoms with Crippen LogP contribution in [0.3, 0.4) is 0 Å². The van der Waals surface area contributed by atoms with Crippen LogP contribution in [-0.2, 0) is 0 Å². The quantitative estimate of drug-likeness (QED) is 0.742. The first-order valence-corrected chi connectivity index (χ1v) is 3.72. The average molecular weight is 185 g/mol. The highest BCUT2D eigenvalue weighted by atomic mass is 35.5. The van der Waals surface area contributed by atoms with Crippen molar-refractivity contribution in [1.29, 1.82) is 0 Å². The Morgan fingerprint density at radius 2 is 2.50 bits per heavy atom. The van der Waals surface area contributed by atoms with Crippen LogP contribution >= 0.6 is 11.6 Å². The standard InChI is InChI=1S/C7H9ClN4/c1-5(8)4-11-6-2-3-10-7(9)12-6/h2-3H,1,4H2,(H3,9,10,11,12). The van der Waals surface area contributed by atoms with Crippen molar-refractivity contribution >= 4 is 23.4 Å². The van der Waals surface area contributed by atoms with E-state index < -0.39 is 0 Å². The molecule has 0 unspecified atom stereocenters. The van der Waals surface area contributed by atoms with E-state index in [9.17, 15) is 0 Å². The van der Waals surface area contributed by atoms with Gasteiger partial charge in [-0.1, -0.05) is 18.2 Å². The predicted octanol–water partition coefficient (Wildman–Crippen LogP) is 1.22. The van der Waals surface area contributed by atoms with E-state index in [1.165, 1.54) is 0 Å². The highest BCUT2D eigenvalue weighted by Crippen LogP contribution is 2.04. The molecule has 4 nitrogen and oxygen atoms in total. The topological polar surface area (TPSA) is 63.8 Å². The lowest BCUT2D eigenvalue weighted by Gasteiger charge is -2.02. The van der Waals surface area contributed by atoms with Crippen LogP contribution in [-0.4, -0.2) is 16.5 Å². The fourth-order valence-electron chi connectivity index (χ4n) is 0.659. The Morgan fingerprint density at radius 3 is 3.08 bits per heavy atom. The Hall–Kier alpha value is -1.29. The third kappa shape index (κ3) is 2.75. The molecule has 64 valence electrons. The highest BCUT2D eigenvalue weighted by molar-refractivity contribution is 6.29. The lowest BCUT2D eigenvalue weighted by molar-refractivity contribution is 1.15. The molecule has 5 heteroatoms. The lowest BCUT2D eigenvalue weighted by atomic mass is 10.5. The second-order valence-corrected chi connectivity index (χ2v) is 2.71. The minimum absolute atomic E-state index is 0.236. The van der Waals surface area contributed by atoms with Gasteiger partial charge in [0.25, 0.3) is 0 Å². The van der Waals surface area contributed by atoms with Crippen LogP contribution in [0.1, 0.15) is 0 Å². The summed E-state index contributed by atoms with van der Waals surface area (Å²) < 4.78 is 0. The Bertz CT molecular complexity index is 286. The molecule has 0 bridgehead atoms. The maximum Gasteiger partial charge on any atom is 0.221 e. The number of rotatable bonds is 3. The van der Waals surface area contributed by atoms with Gasteiger partial charge in [0.05, 0.1) is 6.54 Å². The van der Waals surface area contributed by atoms with E-state index >= 15 is 0 Å². The molecule has 0 amide bonds. The third-order valence-electron chi connectivity index (χ3n) is 1.14. The predicted molar refractivity (Wildman–Crippen MR) is 49.9 cm³/mol. The lowest BCUT2D eigenvalue weighted by Crippen LogP contribution is -2.04. The molecular formula is C7H9ClN4. The van der Waals surface area contributed by atoms with Crippen LogP contribution in [0.2, 0.25) is 0 Å². The van der Waals surface area contributed by atoms with Gasteiger partial charge in [-0.25, -0.2) is 4.98 Å². The van der Waals surface area contributed by atoms with Crippen molar-refractivity contribution in [1.82, 2.24) is 9.97 Å². The number of nitrogen functional groups attached to an aromatic ring is 1. The molecular weight excluding hydrogens is 176 g/mol. The average Bonchev–Trinajstić information content (AvgIpc) is 2.01. The van der Waals surface area contributed by atoms with E-state index in [1.54, 1.807) is 12.3 Å². The Balaban J connectivity index is 2.57. The van der Waals surface area contributed by atoms with Crippen LogP contribution in [0, 0.1) is 0 Å². The molecule has 1 aromatic rings. The van der Waals surface area contributed by atoms with E-state index in [4.69, 9.17) is 17.3 Å².